The van der Waals surface area contributed by atoms with Crippen LogP contribution in [0.25, 0.3) is 0 Å². The van der Waals surface area contributed by atoms with E-state index in [1.165, 1.54) is 6.20 Å². The number of rotatable bonds is 6. The van der Waals surface area contributed by atoms with Crippen molar-refractivity contribution in [2.24, 2.45) is 0 Å². The number of nitrogens with zero attached hydrogens (tertiary/aromatic N) is 1. The average molecular weight is 342 g/mol. The maximum absolute atomic E-state index is 11.9. The summed E-state index contributed by atoms with van der Waals surface area (Å²) in [7, 11) is 0. The number of carbonyl (C=O) groups is 2. The van der Waals surface area contributed by atoms with Gasteiger partial charge in [0, 0.05) is 11.9 Å². The fourth-order valence-electron chi connectivity index (χ4n) is 2.09. The van der Waals surface area contributed by atoms with Gasteiger partial charge in [0.05, 0.1) is 24.5 Å². The zero-order chi connectivity index (χ0) is 18.2. The van der Waals surface area contributed by atoms with Crippen molar-refractivity contribution >= 4 is 23.3 Å². The summed E-state index contributed by atoms with van der Waals surface area (Å²) in [6.45, 7) is 5.63. The lowest BCUT2D eigenvalue weighted by molar-refractivity contribution is -0.115. The molecule has 1 aromatic carbocycles. The number of benzene rings is 1. The van der Waals surface area contributed by atoms with Crippen molar-refractivity contribution in [3.63, 3.8) is 0 Å². The molecule has 1 heterocycles. The Bertz CT molecular complexity index is 732. The first-order chi connectivity index (χ1) is 11.9. The van der Waals surface area contributed by atoms with E-state index in [-0.39, 0.29) is 18.6 Å². The molecule has 1 aromatic heterocycles. The molecule has 0 aliphatic rings. The van der Waals surface area contributed by atoms with E-state index in [1.54, 1.807) is 30.5 Å². The third-order valence-corrected chi connectivity index (χ3v) is 3.17. The Morgan fingerprint density at radius 1 is 1.20 bits per heavy atom. The van der Waals surface area contributed by atoms with Crippen LogP contribution in [-0.4, -0.2) is 29.6 Å². The highest BCUT2D eigenvalue weighted by atomic mass is 16.5. The molecule has 3 N–H and O–H groups in total. The van der Waals surface area contributed by atoms with Crippen LogP contribution in [0.5, 0.6) is 5.75 Å². The molecule has 0 unspecified atom stereocenters. The summed E-state index contributed by atoms with van der Waals surface area (Å²) < 4.78 is 5.60. The third-order valence-electron chi connectivity index (χ3n) is 3.17. The van der Waals surface area contributed by atoms with Crippen LogP contribution in [0.1, 0.15) is 19.4 Å². The van der Waals surface area contributed by atoms with Crippen molar-refractivity contribution in [3.8, 4) is 5.75 Å². The molecule has 0 fully saturated rings. The monoisotopic (exact) mass is 342 g/mol. The van der Waals surface area contributed by atoms with Gasteiger partial charge in [0.2, 0.25) is 5.91 Å². The largest absolute Gasteiger partial charge is 0.491 e. The van der Waals surface area contributed by atoms with E-state index >= 15 is 0 Å². The van der Waals surface area contributed by atoms with Crippen molar-refractivity contribution in [3.05, 3.63) is 48.3 Å². The first-order valence-electron chi connectivity index (χ1n) is 7.96. The van der Waals surface area contributed by atoms with Crippen LogP contribution < -0.4 is 20.7 Å². The number of hydrogen-bond acceptors (Lipinski definition) is 4. The molecule has 2 rings (SSSR count). The molecule has 132 valence electrons. The molecule has 0 radical (unpaired) electrons. The van der Waals surface area contributed by atoms with E-state index in [0.29, 0.717) is 11.4 Å². The van der Waals surface area contributed by atoms with Gasteiger partial charge in [-0.2, -0.15) is 0 Å². The highest BCUT2D eigenvalue weighted by Crippen LogP contribution is 2.22. The number of amides is 3. The maximum atomic E-state index is 11.9. The summed E-state index contributed by atoms with van der Waals surface area (Å²) in [4.78, 5) is 27.6. The average Bonchev–Trinajstić information content (AvgIpc) is 2.56. The van der Waals surface area contributed by atoms with E-state index in [2.05, 4.69) is 20.9 Å². The number of nitrogens with one attached hydrogen (secondary N) is 3. The lowest BCUT2D eigenvalue weighted by Gasteiger charge is -2.13. The van der Waals surface area contributed by atoms with Crippen molar-refractivity contribution in [2.75, 3.05) is 17.2 Å². The van der Waals surface area contributed by atoms with Gasteiger partial charge in [0.25, 0.3) is 0 Å². The molecule has 7 nitrogen and oxygen atoms in total. The highest BCUT2D eigenvalue weighted by Gasteiger charge is 2.08. The number of anilines is 2. The number of carbonyl (C=O) groups excluding carboxylic acids is 2. The van der Waals surface area contributed by atoms with Crippen LogP contribution in [-0.2, 0) is 4.79 Å². The predicted molar refractivity (Wildman–Crippen MR) is 96.8 cm³/mol. The number of ether oxygens (including phenoxy) is 1. The summed E-state index contributed by atoms with van der Waals surface area (Å²) in [5.74, 6) is 0.412. The SMILES string of the molecule is Cc1cc(OC(C)C)ccc1NC(=O)NCC(=O)Nc1cccnc1. The molecule has 25 heavy (non-hydrogen) atoms. The topological polar surface area (TPSA) is 92.4 Å². The second-order valence-electron chi connectivity index (χ2n) is 5.74. The zero-order valence-corrected chi connectivity index (χ0v) is 14.5. The predicted octanol–water partition coefficient (Wildman–Crippen LogP) is 2.94. The van der Waals surface area contributed by atoms with Crippen molar-refractivity contribution < 1.29 is 14.3 Å². The van der Waals surface area contributed by atoms with Gasteiger partial charge in [-0.3, -0.25) is 9.78 Å². The summed E-state index contributed by atoms with van der Waals surface area (Å²) in [6.07, 6.45) is 3.23. The summed E-state index contributed by atoms with van der Waals surface area (Å²) in [6, 6.07) is 8.38. The normalized spacial score (nSPS) is 10.2. The molecule has 0 aliphatic carbocycles. The molecular formula is C18H22N4O3. The second kappa shape index (κ2) is 8.68. The van der Waals surface area contributed by atoms with Gasteiger partial charge in [-0.25, -0.2) is 4.79 Å². The van der Waals surface area contributed by atoms with Crippen LogP contribution in [0.2, 0.25) is 0 Å². The molecule has 7 heteroatoms. The fourth-order valence-corrected chi connectivity index (χ4v) is 2.09. The summed E-state index contributed by atoms with van der Waals surface area (Å²) >= 11 is 0. The molecule has 0 atom stereocenters. The molecule has 0 saturated carbocycles. The van der Waals surface area contributed by atoms with Gasteiger partial charge in [-0.05, 0) is 56.7 Å². The van der Waals surface area contributed by atoms with Crippen LogP contribution in [0.4, 0.5) is 16.2 Å². The minimum atomic E-state index is -0.457. The van der Waals surface area contributed by atoms with E-state index in [0.717, 1.165) is 11.3 Å². The van der Waals surface area contributed by atoms with Gasteiger partial charge in [-0.15, -0.1) is 0 Å². The Morgan fingerprint density at radius 3 is 2.64 bits per heavy atom. The Kier molecular flexibility index (Phi) is 6.33. The highest BCUT2D eigenvalue weighted by molar-refractivity contribution is 5.97. The van der Waals surface area contributed by atoms with Crippen molar-refractivity contribution in [1.82, 2.24) is 10.3 Å². The first-order valence-corrected chi connectivity index (χ1v) is 7.96. The van der Waals surface area contributed by atoms with E-state index in [9.17, 15) is 9.59 Å². The molecule has 0 bridgehead atoms. The van der Waals surface area contributed by atoms with Crippen LogP contribution in [0, 0.1) is 6.92 Å². The minimum Gasteiger partial charge on any atom is -0.491 e. The van der Waals surface area contributed by atoms with Crippen LogP contribution in [0.3, 0.4) is 0 Å². The van der Waals surface area contributed by atoms with Crippen LogP contribution in [0.15, 0.2) is 42.7 Å². The zero-order valence-electron chi connectivity index (χ0n) is 14.5. The quantitative estimate of drug-likeness (QED) is 0.752. The maximum Gasteiger partial charge on any atom is 0.319 e. The van der Waals surface area contributed by atoms with E-state index < -0.39 is 6.03 Å². The Balaban J connectivity index is 1.82. The minimum absolute atomic E-state index is 0.0832. The number of hydrogen-bond donors (Lipinski definition) is 3. The van der Waals surface area contributed by atoms with E-state index in [4.69, 9.17) is 4.74 Å². The summed E-state index contributed by atoms with van der Waals surface area (Å²) in [5.41, 5.74) is 2.10. The molecule has 2 aromatic rings. The third kappa shape index (κ3) is 6.14. The number of aryl methyl sites for hydroxylation is 1. The van der Waals surface area contributed by atoms with Gasteiger partial charge >= 0.3 is 6.03 Å². The molecule has 3 amide bonds. The Morgan fingerprint density at radius 2 is 2.00 bits per heavy atom. The van der Waals surface area contributed by atoms with Crippen molar-refractivity contribution in [2.45, 2.75) is 26.9 Å². The van der Waals surface area contributed by atoms with E-state index in [1.807, 2.05) is 26.8 Å². The van der Waals surface area contributed by atoms with Gasteiger partial charge < -0.3 is 20.7 Å². The first kappa shape index (κ1) is 18.3. The molecule has 0 saturated heterocycles. The Hall–Kier alpha value is -3.09. The number of aromatic nitrogens is 1. The van der Waals surface area contributed by atoms with Crippen LogP contribution >= 0.6 is 0 Å². The lowest BCUT2D eigenvalue weighted by atomic mass is 10.2. The van der Waals surface area contributed by atoms with Gasteiger partial charge in [0.1, 0.15) is 5.75 Å². The molecule has 0 spiro atoms. The molecule has 0 aliphatic heterocycles. The van der Waals surface area contributed by atoms with Gasteiger partial charge in [-0.1, -0.05) is 0 Å². The Labute approximate surface area is 146 Å². The summed E-state index contributed by atoms with van der Waals surface area (Å²) in [5, 5.41) is 7.86. The van der Waals surface area contributed by atoms with Gasteiger partial charge in [0.15, 0.2) is 0 Å². The molecular weight excluding hydrogens is 320 g/mol. The fraction of sp³-hybridized carbons (Fsp3) is 0.278. The number of urea groups is 1. The lowest BCUT2D eigenvalue weighted by Crippen LogP contribution is -2.35. The second-order valence-corrected chi connectivity index (χ2v) is 5.74. The number of pyridine rings is 1. The van der Waals surface area contributed by atoms with Crippen molar-refractivity contribution in [1.29, 1.82) is 0 Å². The standard InChI is InChI=1S/C18H22N4O3/c1-12(2)25-15-6-7-16(13(3)9-15)22-18(24)20-11-17(23)21-14-5-4-8-19-10-14/h4-10,12H,11H2,1-3H3,(H,21,23)(H2,20,22,24). The smallest absolute Gasteiger partial charge is 0.319 e.